The average Bonchev–Trinajstić information content (AvgIpc) is 2.25. The van der Waals surface area contributed by atoms with E-state index in [0.29, 0.717) is 6.54 Å². The number of hydrogen-bond donors (Lipinski definition) is 1. The first-order chi connectivity index (χ1) is 7.72. The lowest BCUT2D eigenvalue weighted by molar-refractivity contribution is -0.124. The molecule has 0 heterocycles. The zero-order valence-corrected chi connectivity index (χ0v) is 9.65. The SMILES string of the molecule is CN(C(=O)C1CCC1)c1cccc(CN)c1. The molecular weight excluding hydrogens is 200 g/mol. The summed E-state index contributed by atoms with van der Waals surface area (Å²) < 4.78 is 0. The van der Waals surface area contributed by atoms with Crippen molar-refractivity contribution in [3.63, 3.8) is 0 Å². The molecule has 1 aromatic carbocycles. The molecule has 1 saturated carbocycles. The van der Waals surface area contributed by atoms with Crippen LogP contribution in [-0.2, 0) is 11.3 Å². The monoisotopic (exact) mass is 218 g/mol. The van der Waals surface area contributed by atoms with Crippen LogP contribution in [0.4, 0.5) is 5.69 Å². The van der Waals surface area contributed by atoms with Crippen LogP contribution in [0.15, 0.2) is 24.3 Å². The van der Waals surface area contributed by atoms with Crippen LogP contribution in [0.2, 0.25) is 0 Å². The van der Waals surface area contributed by atoms with Crippen molar-refractivity contribution in [3.8, 4) is 0 Å². The first kappa shape index (κ1) is 11.1. The topological polar surface area (TPSA) is 46.3 Å². The van der Waals surface area contributed by atoms with Gasteiger partial charge in [-0.05, 0) is 30.5 Å². The van der Waals surface area contributed by atoms with Crippen molar-refractivity contribution >= 4 is 11.6 Å². The first-order valence-corrected chi connectivity index (χ1v) is 5.79. The fourth-order valence-corrected chi connectivity index (χ4v) is 1.95. The van der Waals surface area contributed by atoms with E-state index in [0.717, 1.165) is 24.1 Å². The molecule has 1 aliphatic rings. The fraction of sp³-hybridized carbons (Fsp3) is 0.462. The van der Waals surface area contributed by atoms with E-state index in [4.69, 9.17) is 5.73 Å². The third kappa shape index (κ3) is 2.09. The van der Waals surface area contributed by atoms with Gasteiger partial charge in [0, 0.05) is 25.2 Å². The number of rotatable bonds is 3. The highest BCUT2D eigenvalue weighted by Gasteiger charge is 2.28. The maximum atomic E-state index is 12.0. The van der Waals surface area contributed by atoms with E-state index in [-0.39, 0.29) is 11.8 Å². The standard InChI is InChI=1S/C13H18N2O/c1-15(13(16)11-5-3-6-11)12-7-2-4-10(8-12)9-14/h2,4,7-8,11H,3,5-6,9,14H2,1H3. The molecule has 0 spiro atoms. The van der Waals surface area contributed by atoms with Crippen LogP contribution in [0.1, 0.15) is 24.8 Å². The van der Waals surface area contributed by atoms with Crippen LogP contribution in [0.3, 0.4) is 0 Å². The summed E-state index contributed by atoms with van der Waals surface area (Å²) in [7, 11) is 1.84. The second kappa shape index (κ2) is 4.66. The molecule has 2 rings (SSSR count). The van der Waals surface area contributed by atoms with E-state index < -0.39 is 0 Å². The Morgan fingerprint density at radius 1 is 1.50 bits per heavy atom. The molecule has 3 heteroatoms. The molecule has 1 fully saturated rings. The highest BCUT2D eigenvalue weighted by Crippen LogP contribution is 2.29. The number of benzene rings is 1. The number of nitrogens with zero attached hydrogens (tertiary/aromatic N) is 1. The van der Waals surface area contributed by atoms with Gasteiger partial charge in [-0.2, -0.15) is 0 Å². The van der Waals surface area contributed by atoms with Crippen LogP contribution in [0.25, 0.3) is 0 Å². The minimum absolute atomic E-state index is 0.237. The van der Waals surface area contributed by atoms with Crippen molar-refractivity contribution in [3.05, 3.63) is 29.8 Å². The van der Waals surface area contributed by atoms with E-state index in [1.807, 2.05) is 31.3 Å². The number of anilines is 1. The molecule has 0 aromatic heterocycles. The maximum absolute atomic E-state index is 12.0. The predicted molar refractivity (Wildman–Crippen MR) is 65.1 cm³/mol. The summed E-state index contributed by atoms with van der Waals surface area (Å²) in [6, 6.07) is 7.86. The van der Waals surface area contributed by atoms with E-state index in [1.54, 1.807) is 4.90 Å². The van der Waals surface area contributed by atoms with Crippen LogP contribution in [0.5, 0.6) is 0 Å². The third-order valence-corrected chi connectivity index (χ3v) is 3.32. The fourth-order valence-electron chi connectivity index (χ4n) is 1.95. The molecule has 0 unspecified atom stereocenters. The zero-order valence-electron chi connectivity index (χ0n) is 9.65. The molecule has 16 heavy (non-hydrogen) atoms. The molecule has 1 aromatic rings. The normalized spacial score (nSPS) is 15.6. The number of carbonyl (C=O) groups is 1. The number of nitrogens with two attached hydrogens (primary N) is 1. The number of carbonyl (C=O) groups excluding carboxylic acids is 1. The van der Waals surface area contributed by atoms with Crippen LogP contribution in [0, 0.1) is 5.92 Å². The molecular formula is C13H18N2O. The highest BCUT2D eigenvalue weighted by atomic mass is 16.2. The highest BCUT2D eigenvalue weighted by molar-refractivity contribution is 5.95. The molecule has 0 saturated heterocycles. The largest absolute Gasteiger partial charge is 0.326 e. The third-order valence-electron chi connectivity index (χ3n) is 3.32. The van der Waals surface area contributed by atoms with Crippen molar-refractivity contribution in [1.82, 2.24) is 0 Å². The van der Waals surface area contributed by atoms with Gasteiger partial charge in [0.05, 0.1) is 0 Å². The smallest absolute Gasteiger partial charge is 0.229 e. The van der Waals surface area contributed by atoms with Crippen molar-refractivity contribution in [2.45, 2.75) is 25.8 Å². The van der Waals surface area contributed by atoms with Gasteiger partial charge in [0.25, 0.3) is 0 Å². The molecule has 2 N–H and O–H groups in total. The Balaban J connectivity index is 2.12. The number of amides is 1. The van der Waals surface area contributed by atoms with E-state index in [1.165, 1.54) is 6.42 Å². The summed E-state index contributed by atoms with van der Waals surface area (Å²) >= 11 is 0. The second-order valence-electron chi connectivity index (χ2n) is 4.40. The Morgan fingerprint density at radius 2 is 2.25 bits per heavy atom. The first-order valence-electron chi connectivity index (χ1n) is 5.79. The average molecular weight is 218 g/mol. The van der Waals surface area contributed by atoms with Gasteiger partial charge in [-0.3, -0.25) is 4.79 Å². The summed E-state index contributed by atoms with van der Waals surface area (Å²) in [5.74, 6) is 0.479. The minimum atomic E-state index is 0.237. The van der Waals surface area contributed by atoms with Gasteiger partial charge in [-0.1, -0.05) is 18.6 Å². The van der Waals surface area contributed by atoms with Gasteiger partial charge in [-0.25, -0.2) is 0 Å². The molecule has 0 bridgehead atoms. The van der Waals surface area contributed by atoms with Gasteiger partial charge < -0.3 is 10.6 Å². The minimum Gasteiger partial charge on any atom is -0.326 e. The predicted octanol–water partition coefficient (Wildman–Crippen LogP) is 1.91. The zero-order chi connectivity index (χ0) is 11.5. The van der Waals surface area contributed by atoms with Gasteiger partial charge in [0.1, 0.15) is 0 Å². The Labute approximate surface area is 96.2 Å². The Bertz CT molecular complexity index is 385. The van der Waals surface area contributed by atoms with E-state index in [9.17, 15) is 4.79 Å². The lowest BCUT2D eigenvalue weighted by Gasteiger charge is -2.29. The lowest BCUT2D eigenvalue weighted by Crippen LogP contribution is -2.36. The van der Waals surface area contributed by atoms with E-state index >= 15 is 0 Å². The molecule has 0 atom stereocenters. The maximum Gasteiger partial charge on any atom is 0.229 e. The van der Waals surface area contributed by atoms with Gasteiger partial charge >= 0.3 is 0 Å². The van der Waals surface area contributed by atoms with Crippen molar-refractivity contribution in [1.29, 1.82) is 0 Å². The Kier molecular flexibility index (Phi) is 3.25. The van der Waals surface area contributed by atoms with Crippen LogP contribution in [-0.4, -0.2) is 13.0 Å². The van der Waals surface area contributed by atoms with Crippen molar-refractivity contribution in [2.24, 2.45) is 11.7 Å². The summed E-state index contributed by atoms with van der Waals surface area (Å²) in [5, 5.41) is 0. The Morgan fingerprint density at radius 3 is 2.81 bits per heavy atom. The summed E-state index contributed by atoms with van der Waals surface area (Å²) in [6.07, 6.45) is 3.27. The molecule has 1 amide bonds. The van der Waals surface area contributed by atoms with Crippen molar-refractivity contribution in [2.75, 3.05) is 11.9 Å². The van der Waals surface area contributed by atoms with Gasteiger partial charge in [0.15, 0.2) is 0 Å². The molecule has 86 valence electrons. The van der Waals surface area contributed by atoms with E-state index in [2.05, 4.69) is 0 Å². The van der Waals surface area contributed by atoms with Crippen molar-refractivity contribution < 1.29 is 4.79 Å². The Hall–Kier alpha value is -1.35. The summed E-state index contributed by atoms with van der Waals surface area (Å²) in [4.78, 5) is 13.8. The van der Waals surface area contributed by atoms with Gasteiger partial charge in [-0.15, -0.1) is 0 Å². The molecule has 1 aliphatic carbocycles. The molecule has 0 radical (unpaired) electrons. The van der Waals surface area contributed by atoms with Crippen LogP contribution >= 0.6 is 0 Å². The lowest BCUT2D eigenvalue weighted by atomic mass is 9.84. The summed E-state index contributed by atoms with van der Waals surface area (Å²) in [6.45, 7) is 0.513. The molecule has 0 aliphatic heterocycles. The number of hydrogen-bond acceptors (Lipinski definition) is 2. The summed E-state index contributed by atoms with van der Waals surface area (Å²) in [5.41, 5.74) is 7.59. The molecule has 3 nitrogen and oxygen atoms in total. The van der Waals surface area contributed by atoms with Crippen LogP contribution < -0.4 is 10.6 Å². The van der Waals surface area contributed by atoms with Gasteiger partial charge in [0.2, 0.25) is 5.91 Å². The second-order valence-corrected chi connectivity index (χ2v) is 4.40. The quantitative estimate of drug-likeness (QED) is 0.842.